The molecule has 0 spiro atoms. The van der Waals surface area contributed by atoms with Gasteiger partial charge in [0.2, 0.25) is 5.91 Å². The number of benzene rings is 1. The summed E-state index contributed by atoms with van der Waals surface area (Å²) in [6.45, 7) is 3.97. The molecule has 0 bridgehead atoms. The van der Waals surface area contributed by atoms with Crippen LogP contribution in [0.5, 0.6) is 0 Å². The minimum Gasteiger partial charge on any atom is -0.315 e. The van der Waals surface area contributed by atoms with Crippen LogP contribution in [-0.2, 0) is 4.79 Å². The maximum absolute atomic E-state index is 11.7. The number of carbonyl (C=O) groups is 1. The quantitative estimate of drug-likeness (QED) is 0.779. The number of hydrogen-bond donors (Lipinski definition) is 0. The van der Waals surface area contributed by atoms with Gasteiger partial charge in [-0.05, 0) is 31.0 Å². The van der Waals surface area contributed by atoms with E-state index in [0.717, 1.165) is 16.8 Å². The van der Waals surface area contributed by atoms with Crippen LogP contribution in [0.1, 0.15) is 24.0 Å². The van der Waals surface area contributed by atoms with Crippen molar-refractivity contribution >= 4 is 11.6 Å². The van der Waals surface area contributed by atoms with E-state index in [2.05, 4.69) is 0 Å². The van der Waals surface area contributed by atoms with E-state index in [1.54, 1.807) is 11.9 Å². The van der Waals surface area contributed by atoms with Gasteiger partial charge < -0.3 is 4.90 Å². The minimum atomic E-state index is -0.0183. The first-order valence-electron chi connectivity index (χ1n) is 5.27. The Bertz CT molecular complexity index is 432. The molecule has 1 aromatic carbocycles. The monoisotopic (exact) mass is 216 g/mol. The molecule has 0 aliphatic heterocycles. The number of aryl methyl sites for hydroxylation is 2. The highest BCUT2D eigenvalue weighted by atomic mass is 16.2. The summed E-state index contributed by atoms with van der Waals surface area (Å²) in [4.78, 5) is 13.4. The van der Waals surface area contributed by atoms with Gasteiger partial charge in [0.05, 0.1) is 6.07 Å². The molecule has 0 fully saturated rings. The normalized spacial score (nSPS) is 9.62. The maximum atomic E-state index is 11.7. The van der Waals surface area contributed by atoms with Gasteiger partial charge in [0.1, 0.15) is 0 Å². The highest BCUT2D eigenvalue weighted by Crippen LogP contribution is 2.21. The molecular weight excluding hydrogens is 200 g/mol. The van der Waals surface area contributed by atoms with E-state index in [-0.39, 0.29) is 18.7 Å². The molecular formula is C13H16N2O. The molecule has 0 aliphatic rings. The zero-order valence-corrected chi connectivity index (χ0v) is 9.95. The third kappa shape index (κ3) is 2.83. The van der Waals surface area contributed by atoms with E-state index in [0.29, 0.717) is 0 Å². The summed E-state index contributed by atoms with van der Waals surface area (Å²) in [6.07, 6.45) is 0.550. The molecule has 0 radical (unpaired) electrons. The van der Waals surface area contributed by atoms with Crippen LogP contribution in [0.25, 0.3) is 0 Å². The van der Waals surface area contributed by atoms with Gasteiger partial charge >= 0.3 is 0 Å². The van der Waals surface area contributed by atoms with Gasteiger partial charge in [0.15, 0.2) is 0 Å². The van der Waals surface area contributed by atoms with Gasteiger partial charge in [-0.3, -0.25) is 4.79 Å². The van der Waals surface area contributed by atoms with Crippen molar-refractivity contribution in [2.45, 2.75) is 26.7 Å². The Balaban J connectivity index is 2.87. The summed E-state index contributed by atoms with van der Waals surface area (Å²) in [6, 6.07) is 7.99. The van der Waals surface area contributed by atoms with Crippen LogP contribution in [0.4, 0.5) is 5.69 Å². The van der Waals surface area contributed by atoms with E-state index in [9.17, 15) is 4.79 Å². The van der Waals surface area contributed by atoms with Gasteiger partial charge in [0.25, 0.3) is 0 Å². The molecule has 1 rings (SSSR count). The average Bonchev–Trinajstić information content (AvgIpc) is 2.28. The van der Waals surface area contributed by atoms with Crippen LogP contribution >= 0.6 is 0 Å². The fourth-order valence-electron chi connectivity index (χ4n) is 1.55. The van der Waals surface area contributed by atoms with Gasteiger partial charge in [-0.1, -0.05) is 12.1 Å². The van der Waals surface area contributed by atoms with Crippen LogP contribution in [0.2, 0.25) is 0 Å². The van der Waals surface area contributed by atoms with Crippen LogP contribution in [0, 0.1) is 25.2 Å². The molecule has 16 heavy (non-hydrogen) atoms. The molecule has 0 heterocycles. The van der Waals surface area contributed by atoms with Crippen molar-refractivity contribution in [3.8, 4) is 6.07 Å². The predicted molar refractivity (Wildman–Crippen MR) is 64.2 cm³/mol. The Morgan fingerprint density at radius 1 is 1.44 bits per heavy atom. The highest BCUT2D eigenvalue weighted by molar-refractivity contribution is 5.93. The second-order valence-electron chi connectivity index (χ2n) is 3.90. The predicted octanol–water partition coefficient (Wildman–Crippen LogP) is 2.57. The van der Waals surface area contributed by atoms with Crippen LogP contribution in [0.15, 0.2) is 18.2 Å². The van der Waals surface area contributed by atoms with E-state index in [4.69, 9.17) is 5.26 Å². The molecule has 0 saturated carbocycles. The third-order valence-electron chi connectivity index (χ3n) is 2.55. The van der Waals surface area contributed by atoms with Crippen LogP contribution in [0.3, 0.4) is 0 Å². The first kappa shape index (κ1) is 12.3. The van der Waals surface area contributed by atoms with Gasteiger partial charge in [-0.2, -0.15) is 5.26 Å². The number of anilines is 1. The van der Waals surface area contributed by atoms with Gasteiger partial charge in [0, 0.05) is 25.6 Å². The Morgan fingerprint density at radius 2 is 2.12 bits per heavy atom. The van der Waals surface area contributed by atoms with Crippen molar-refractivity contribution < 1.29 is 4.79 Å². The summed E-state index contributed by atoms with van der Waals surface area (Å²) in [5.41, 5.74) is 3.11. The van der Waals surface area contributed by atoms with E-state index < -0.39 is 0 Å². The lowest BCUT2D eigenvalue weighted by Gasteiger charge is -2.19. The smallest absolute Gasteiger partial charge is 0.227 e. The first-order chi connectivity index (χ1) is 7.56. The van der Waals surface area contributed by atoms with Crippen molar-refractivity contribution in [2.75, 3.05) is 11.9 Å². The Hall–Kier alpha value is -1.82. The third-order valence-corrected chi connectivity index (χ3v) is 2.55. The molecule has 0 unspecified atom stereocenters. The second kappa shape index (κ2) is 5.32. The van der Waals surface area contributed by atoms with Crippen molar-refractivity contribution in [3.05, 3.63) is 29.3 Å². The molecule has 84 valence electrons. The Labute approximate surface area is 96.3 Å². The van der Waals surface area contributed by atoms with E-state index in [1.807, 2.05) is 38.1 Å². The fraction of sp³-hybridized carbons (Fsp3) is 0.385. The molecule has 1 amide bonds. The molecule has 0 saturated heterocycles. The van der Waals surface area contributed by atoms with Crippen LogP contribution < -0.4 is 4.90 Å². The van der Waals surface area contributed by atoms with Crippen LogP contribution in [-0.4, -0.2) is 13.0 Å². The number of hydrogen-bond acceptors (Lipinski definition) is 2. The summed E-state index contributed by atoms with van der Waals surface area (Å²) >= 11 is 0. The molecule has 0 N–H and O–H groups in total. The first-order valence-corrected chi connectivity index (χ1v) is 5.27. The largest absolute Gasteiger partial charge is 0.315 e. The van der Waals surface area contributed by atoms with Gasteiger partial charge in [-0.15, -0.1) is 0 Å². The zero-order valence-electron chi connectivity index (χ0n) is 9.95. The lowest BCUT2D eigenvalue weighted by atomic mass is 10.1. The maximum Gasteiger partial charge on any atom is 0.227 e. The molecule has 0 aromatic heterocycles. The lowest BCUT2D eigenvalue weighted by Crippen LogP contribution is -2.26. The minimum absolute atomic E-state index is 0.0183. The van der Waals surface area contributed by atoms with E-state index in [1.165, 1.54) is 0 Å². The summed E-state index contributed by atoms with van der Waals surface area (Å²) in [7, 11) is 1.75. The highest BCUT2D eigenvalue weighted by Gasteiger charge is 2.12. The molecule has 3 nitrogen and oxygen atoms in total. The average molecular weight is 216 g/mol. The molecule has 0 atom stereocenters. The molecule has 3 heteroatoms. The number of carbonyl (C=O) groups excluding carboxylic acids is 1. The van der Waals surface area contributed by atoms with Gasteiger partial charge in [-0.25, -0.2) is 0 Å². The standard InChI is InChI=1S/C13H16N2O/c1-10-6-7-11(2)12(9-10)15(3)13(16)5-4-8-14/h6-7,9H,4-5H2,1-3H3. The summed E-state index contributed by atoms with van der Waals surface area (Å²) in [5.74, 6) is -0.0183. The molecule has 0 aliphatic carbocycles. The fourth-order valence-corrected chi connectivity index (χ4v) is 1.55. The number of amides is 1. The van der Waals surface area contributed by atoms with E-state index >= 15 is 0 Å². The van der Waals surface area contributed by atoms with Crippen molar-refractivity contribution in [1.29, 1.82) is 5.26 Å². The number of nitriles is 1. The zero-order chi connectivity index (χ0) is 12.1. The summed E-state index contributed by atoms with van der Waals surface area (Å²) < 4.78 is 0. The Kier molecular flexibility index (Phi) is 4.07. The topological polar surface area (TPSA) is 44.1 Å². The van der Waals surface area contributed by atoms with Crippen molar-refractivity contribution in [2.24, 2.45) is 0 Å². The van der Waals surface area contributed by atoms with Crippen molar-refractivity contribution in [1.82, 2.24) is 0 Å². The molecule has 1 aromatic rings. The Morgan fingerprint density at radius 3 is 2.75 bits per heavy atom. The summed E-state index contributed by atoms with van der Waals surface area (Å²) in [5, 5.41) is 8.45. The lowest BCUT2D eigenvalue weighted by molar-refractivity contribution is -0.118. The number of rotatable bonds is 3. The SMILES string of the molecule is Cc1ccc(C)c(N(C)C(=O)CCC#N)c1. The van der Waals surface area contributed by atoms with Crippen molar-refractivity contribution in [3.63, 3.8) is 0 Å². The number of nitrogens with zero attached hydrogens (tertiary/aromatic N) is 2. The second-order valence-corrected chi connectivity index (χ2v) is 3.90.